The highest BCUT2D eigenvalue weighted by molar-refractivity contribution is 5.97. The van der Waals surface area contributed by atoms with Crippen LogP contribution in [0.2, 0.25) is 0 Å². The van der Waals surface area contributed by atoms with Crippen LogP contribution in [0.1, 0.15) is 55.5 Å². The standard InChI is InChI=1S/C26H30N6O/c1-19(2)11-14-32-23-18-31(17-21-10-6-5-9-20(21)15-27)26(33)29(3)24(23)22(16-28)25(32)30-12-7-4-8-13-30/h5-6,9-11H,4,7-8,12-14,17-18H2,1-3H3. The maximum Gasteiger partial charge on any atom is 0.324 e. The monoisotopic (exact) mass is 442 g/mol. The van der Waals surface area contributed by atoms with Gasteiger partial charge in [0.1, 0.15) is 17.5 Å². The highest BCUT2D eigenvalue weighted by Gasteiger charge is 2.37. The van der Waals surface area contributed by atoms with Crippen molar-refractivity contribution in [1.29, 1.82) is 10.5 Å². The SMILES string of the molecule is CC(C)=CCn1c2c(c(C#N)c1N1CCCCC1)N(C)C(=O)N(Cc1ccccc1C#N)C2. The minimum Gasteiger partial charge on any atom is -0.357 e. The molecule has 4 rings (SSSR count). The zero-order chi connectivity index (χ0) is 23.5. The summed E-state index contributed by atoms with van der Waals surface area (Å²) < 4.78 is 2.22. The molecule has 33 heavy (non-hydrogen) atoms. The maximum atomic E-state index is 13.3. The quantitative estimate of drug-likeness (QED) is 0.626. The Kier molecular flexibility index (Phi) is 6.42. The Morgan fingerprint density at radius 2 is 1.82 bits per heavy atom. The van der Waals surface area contributed by atoms with Gasteiger partial charge in [-0.15, -0.1) is 0 Å². The summed E-state index contributed by atoms with van der Waals surface area (Å²) in [6, 6.07) is 11.9. The van der Waals surface area contributed by atoms with Crippen LogP contribution in [0.25, 0.3) is 0 Å². The van der Waals surface area contributed by atoms with Crippen LogP contribution in [0.3, 0.4) is 0 Å². The molecule has 0 bridgehead atoms. The molecule has 0 saturated carbocycles. The number of allylic oxidation sites excluding steroid dienone is 2. The van der Waals surface area contributed by atoms with E-state index in [1.165, 1.54) is 12.0 Å². The molecule has 3 heterocycles. The molecule has 0 unspecified atom stereocenters. The number of benzene rings is 1. The smallest absolute Gasteiger partial charge is 0.324 e. The highest BCUT2D eigenvalue weighted by atomic mass is 16.2. The number of amides is 2. The number of rotatable bonds is 5. The average Bonchev–Trinajstić information content (AvgIpc) is 3.15. The van der Waals surface area contributed by atoms with E-state index < -0.39 is 0 Å². The average molecular weight is 443 g/mol. The predicted molar refractivity (Wildman–Crippen MR) is 129 cm³/mol. The van der Waals surface area contributed by atoms with Crippen molar-refractivity contribution in [3.63, 3.8) is 0 Å². The zero-order valence-corrected chi connectivity index (χ0v) is 19.6. The van der Waals surface area contributed by atoms with E-state index in [1.807, 2.05) is 18.2 Å². The number of carbonyl (C=O) groups excluding carboxylic acids is 1. The van der Waals surface area contributed by atoms with E-state index in [1.54, 1.807) is 22.9 Å². The first-order chi connectivity index (χ1) is 16.0. The summed E-state index contributed by atoms with van der Waals surface area (Å²) in [7, 11) is 1.75. The molecular weight excluding hydrogens is 412 g/mol. The predicted octanol–water partition coefficient (Wildman–Crippen LogP) is 4.76. The Hall–Kier alpha value is -3.71. The minimum atomic E-state index is -0.156. The minimum absolute atomic E-state index is 0.156. The van der Waals surface area contributed by atoms with E-state index in [0.29, 0.717) is 30.8 Å². The largest absolute Gasteiger partial charge is 0.357 e. The summed E-state index contributed by atoms with van der Waals surface area (Å²) in [6.45, 7) is 7.39. The molecule has 1 aromatic heterocycles. The van der Waals surface area contributed by atoms with Crippen molar-refractivity contribution in [3.05, 3.63) is 58.3 Å². The summed E-state index contributed by atoms with van der Waals surface area (Å²) in [4.78, 5) is 19.0. The fourth-order valence-corrected chi connectivity index (χ4v) is 4.82. The van der Waals surface area contributed by atoms with Crippen LogP contribution in [0.5, 0.6) is 0 Å². The van der Waals surface area contributed by atoms with Crippen molar-refractivity contribution >= 4 is 17.5 Å². The van der Waals surface area contributed by atoms with Gasteiger partial charge in [-0.25, -0.2) is 4.79 Å². The fourth-order valence-electron chi connectivity index (χ4n) is 4.82. The number of urea groups is 1. The van der Waals surface area contributed by atoms with Gasteiger partial charge in [0.15, 0.2) is 0 Å². The molecule has 7 heteroatoms. The molecule has 1 fully saturated rings. The Morgan fingerprint density at radius 3 is 2.48 bits per heavy atom. The number of carbonyl (C=O) groups is 1. The first-order valence-electron chi connectivity index (χ1n) is 11.5. The lowest BCUT2D eigenvalue weighted by atomic mass is 10.1. The van der Waals surface area contributed by atoms with Gasteiger partial charge in [0.05, 0.1) is 29.6 Å². The van der Waals surface area contributed by atoms with Crippen molar-refractivity contribution in [2.45, 2.75) is 52.7 Å². The maximum absolute atomic E-state index is 13.3. The fraction of sp³-hybridized carbons (Fsp3) is 0.423. The number of nitriles is 2. The number of piperidine rings is 1. The molecule has 0 N–H and O–H groups in total. The summed E-state index contributed by atoms with van der Waals surface area (Å²) in [5.74, 6) is 0.929. The zero-order valence-electron chi connectivity index (χ0n) is 19.6. The lowest BCUT2D eigenvalue weighted by Crippen LogP contribution is -2.45. The van der Waals surface area contributed by atoms with Crippen LogP contribution in [0.15, 0.2) is 35.9 Å². The van der Waals surface area contributed by atoms with Gasteiger partial charge in [0, 0.05) is 33.2 Å². The molecule has 7 nitrogen and oxygen atoms in total. The van der Waals surface area contributed by atoms with Gasteiger partial charge in [-0.05, 0) is 44.7 Å². The van der Waals surface area contributed by atoms with E-state index in [9.17, 15) is 15.3 Å². The topological polar surface area (TPSA) is 79.3 Å². The molecular formula is C26H30N6O. The second-order valence-corrected chi connectivity index (χ2v) is 9.01. The molecule has 1 aromatic carbocycles. The summed E-state index contributed by atoms with van der Waals surface area (Å²) in [5.41, 5.74) is 4.88. The highest BCUT2D eigenvalue weighted by Crippen LogP contribution is 2.41. The molecule has 170 valence electrons. The number of hydrogen-bond acceptors (Lipinski definition) is 4. The van der Waals surface area contributed by atoms with Gasteiger partial charge in [-0.3, -0.25) is 4.90 Å². The molecule has 2 amide bonds. The van der Waals surface area contributed by atoms with Crippen LogP contribution in [-0.4, -0.2) is 35.6 Å². The second kappa shape index (κ2) is 9.42. The number of anilines is 2. The van der Waals surface area contributed by atoms with Crippen molar-refractivity contribution in [3.8, 4) is 12.1 Å². The number of nitrogens with zero attached hydrogens (tertiary/aromatic N) is 6. The third kappa shape index (κ3) is 4.19. The molecule has 2 aromatic rings. The second-order valence-electron chi connectivity index (χ2n) is 9.01. The number of fused-ring (bicyclic) bond motifs is 1. The molecule has 0 spiro atoms. The summed E-state index contributed by atoms with van der Waals surface area (Å²) in [6.07, 6.45) is 5.59. The van der Waals surface area contributed by atoms with Gasteiger partial charge in [-0.2, -0.15) is 10.5 Å². The molecule has 0 aliphatic carbocycles. The van der Waals surface area contributed by atoms with E-state index in [0.717, 1.165) is 48.7 Å². The van der Waals surface area contributed by atoms with Crippen molar-refractivity contribution < 1.29 is 4.79 Å². The van der Waals surface area contributed by atoms with Crippen molar-refractivity contribution in [2.75, 3.05) is 29.9 Å². The third-order valence-corrected chi connectivity index (χ3v) is 6.50. The first kappa shape index (κ1) is 22.5. The molecule has 0 radical (unpaired) electrons. The van der Waals surface area contributed by atoms with E-state index in [2.05, 4.69) is 41.5 Å². The molecule has 2 aliphatic heterocycles. The number of hydrogen-bond donors (Lipinski definition) is 0. The van der Waals surface area contributed by atoms with Gasteiger partial charge in [0.25, 0.3) is 0 Å². The Morgan fingerprint density at radius 1 is 1.09 bits per heavy atom. The summed E-state index contributed by atoms with van der Waals surface area (Å²) in [5, 5.41) is 19.7. The van der Waals surface area contributed by atoms with Crippen molar-refractivity contribution in [1.82, 2.24) is 9.47 Å². The number of aromatic nitrogens is 1. The van der Waals surface area contributed by atoms with E-state index >= 15 is 0 Å². The van der Waals surface area contributed by atoms with Gasteiger partial charge >= 0.3 is 6.03 Å². The van der Waals surface area contributed by atoms with Crippen molar-refractivity contribution in [2.24, 2.45) is 0 Å². The van der Waals surface area contributed by atoms with E-state index in [4.69, 9.17) is 0 Å². The van der Waals surface area contributed by atoms with Gasteiger partial charge in [0.2, 0.25) is 0 Å². The Bertz CT molecular complexity index is 1170. The molecule has 1 saturated heterocycles. The van der Waals surface area contributed by atoms with E-state index in [-0.39, 0.29) is 6.03 Å². The van der Waals surface area contributed by atoms with Crippen LogP contribution in [-0.2, 0) is 19.6 Å². The van der Waals surface area contributed by atoms with Gasteiger partial charge < -0.3 is 14.4 Å². The third-order valence-electron chi connectivity index (χ3n) is 6.50. The Balaban J connectivity index is 1.81. The van der Waals surface area contributed by atoms with Crippen LogP contribution in [0, 0.1) is 22.7 Å². The lowest BCUT2D eigenvalue weighted by molar-refractivity contribution is 0.195. The lowest BCUT2D eigenvalue weighted by Gasteiger charge is -2.34. The summed E-state index contributed by atoms with van der Waals surface area (Å²) >= 11 is 0. The van der Waals surface area contributed by atoms with Crippen LogP contribution < -0.4 is 9.80 Å². The molecule has 0 atom stereocenters. The van der Waals surface area contributed by atoms with Crippen LogP contribution in [0.4, 0.5) is 16.3 Å². The molecule has 2 aliphatic rings. The normalized spacial score (nSPS) is 15.7. The van der Waals surface area contributed by atoms with Crippen LogP contribution >= 0.6 is 0 Å². The Labute approximate surface area is 195 Å². The van der Waals surface area contributed by atoms with Gasteiger partial charge in [-0.1, -0.05) is 29.8 Å². The first-order valence-corrected chi connectivity index (χ1v) is 11.5.